The predicted octanol–water partition coefficient (Wildman–Crippen LogP) is 1.17. The Bertz CT molecular complexity index is 402. The lowest BCUT2D eigenvalue weighted by Gasteiger charge is -2.14. The minimum absolute atomic E-state index is 0.356. The molecular formula is C13H20N2O2. The lowest BCUT2D eigenvalue weighted by molar-refractivity contribution is -0.119. The highest BCUT2D eigenvalue weighted by atomic mass is 16.5. The maximum atomic E-state index is 10.9. The summed E-state index contributed by atoms with van der Waals surface area (Å²) in [6.45, 7) is 4.19. The van der Waals surface area contributed by atoms with Gasteiger partial charge in [0.1, 0.15) is 5.75 Å². The van der Waals surface area contributed by atoms with Crippen LogP contribution in [0.1, 0.15) is 30.9 Å². The molecule has 0 aromatic heterocycles. The molecule has 1 aromatic rings. The summed E-state index contributed by atoms with van der Waals surface area (Å²) in [5.74, 6) is 0.734. The molecule has 0 aliphatic heterocycles. The summed E-state index contributed by atoms with van der Waals surface area (Å²) in [4.78, 5) is 10.9. The predicted molar refractivity (Wildman–Crippen MR) is 68.0 cm³/mol. The zero-order valence-electron chi connectivity index (χ0n) is 10.6. The summed E-state index contributed by atoms with van der Waals surface area (Å²) in [5, 5.41) is 0. The number of hydrogen-bond acceptors (Lipinski definition) is 3. The van der Waals surface area contributed by atoms with E-state index >= 15 is 0 Å². The summed E-state index contributed by atoms with van der Waals surface area (Å²) in [7, 11) is 1.65. The molecule has 17 heavy (non-hydrogen) atoms. The van der Waals surface area contributed by atoms with Gasteiger partial charge in [0.05, 0.1) is 13.2 Å². The number of carbonyl (C=O) groups is 1. The van der Waals surface area contributed by atoms with E-state index < -0.39 is 11.9 Å². The van der Waals surface area contributed by atoms with Crippen molar-refractivity contribution >= 4 is 5.91 Å². The molecule has 94 valence electrons. The molecule has 0 saturated heterocycles. The standard InChI is InChI=1S/C13H20N2O2/c1-8(2)10-6-9(4-5-12(10)17-3)7-11(14)13(15)16/h4-6,8,11H,7,14H2,1-3H3,(H2,15,16). The minimum atomic E-state index is -0.636. The molecule has 0 radical (unpaired) electrons. The molecule has 1 amide bonds. The van der Waals surface area contributed by atoms with Crippen LogP contribution < -0.4 is 16.2 Å². The lowest BCUT2D eigenvalue weighted by atomic mass is 9.97. The van der Waals surface area contributed by atoms with Crippen LogP contribution in [0.2, 0.25) is 0 Å². The lowest BCUT2D eigenvalue weighted by Crippen LogP contribution is -2.38. The molecule has 1 rings (SSSR count). The highest BCUT2D eigenvalue weighted by Crippen LogP contribution is 2.27. The third kappa shape index (κ3) is 3.46. The van der Waals surface area contributed by atoms with Crippen molar-refractivity contribution < 1.29 is 9.53 Å². The Hall–Kier alpha value is -1.55. The van der Waals surface area contributed by atoms with Gasteiger partial charge < -0.3 is 16.2 Å². The fourth-order valence-corrected chi connectivity index (χ4v) is 1.72. The molecule has 1 unspecified atom stereocenters. The zero-order chi connectivity index (χ0) is 13.0. The van der Waals surface area contributed by atoms with Crippen molar-refractivity contribution in [3.05, 3.63) is 29.3 Å². The van der Waals surface area contributed by atoms with Crippen LogP contribution in [-0.4, -0.2) is 19.1 Å². The van der Waals surface area contributed by atoms with Crippen molar-refractivity contribution in [1.82, 2.24) is 0 Å². The fraction of sp³-hybridized carbons (Fsp3) is 0.462. The van der Waals surface area contributed by atoms with Gasteiger partial charge in [-0.15, -0.1) is 0 Å². The summed E-state index contributed by atoms with van der Waals surface area (Å²) in [5.41, 5.74) is 12.9. The molecule has 0 aliphatic carbocycles. The van der Waals surface area contributed by atoms with Crippen LogP contribution in [0.5, 0.6) is 5.75 Å². The van der Waals surface area contributed by atoms with Crippen molar-refractivity contribution in [3.63, 3.8) is 0 Å². The third-order valence-electron chi connectivity index (χ3n) is 2.74. The van der Waals surface area contributed by atoms with Crippen LogP contribution in [0.15, 0.2) is 18.2 Å². The van der Waals surface area contributed by atoms with E-state index in [4.69, 9.17) is 16.2 Å². The van der Waals surface area contributed by atoms with E-state index in [0.717, 1.165) is 16.9 Å². The Kier molecular flexibility index (Phi) is 4.52. The van der Waals surface area contributed by atoms with Gasteiger partial charge in [0.25, 0.3) is 0 Å². The van der Waals surface area contributed by atoms with Gasteiger partial charge >= 0.3 is 0 Å². The smallest absolute Gasteiger partial charge is 0.234 e. The average molecular weight is 236 g/mol. The van der Waals surface area contributed by atoms with Gasteiger partial charge in [0, 0.05) is 0 Å². The summed E-state index contributed by atoms with van der Waals surface area (Å²) in [6, 6.07) is 5.20. The van der Waals surface area contributed by atoms with Crippen LogP contribution in [0.25, 0.3) is 0 Å². The van der Waals surface area contributed by atoms with E-state index in [1.165, 1.54) is 0 Å². The van der Waals surface area contributed by atoms with E-state index in [1.807, 2.05) is 18.2 Å². The van der Waals surface area contributed by atoms with Crippen molar-refractivity contribution in [2.45, 2.75) is 32.2 Å². The van der Waals surface area contributed by atoms with Crippen molar-refractivity contribution in [2.24, 2.45) is 11.5 Å². The number of primary amides is 1. The van der Waals surface area contributed by atoms with Gasteiger partial charge in [-0.3, -0.25) is 4.79 Å². The second kappa shape index (κ2) is 5.68. The van der Waals surface area contributed by atoms with E-state index in [-0.39, 0.29) is 0 Å². The Morgan fingerprint density at radius 3 is 2.53 bits per heavy atom. The zero-order valence-corrected chi connectivity index (χ0v) is 10.6. The molecule has 0 aliphatic rings. The molecule has 0 fully saturated rings. The summed E-state index contributed by atoms with van der Waals surface area (Å²) >= 11 is 0. The Morgan fingerprint density at radius 2 is 2.06 bits per heavy atom. The Labute approximate surface area is 102 Å². The normalized spacial score (nSPS) is 12.5. The van der Waals surface area contributed by atoms with Crippen LogP contribution in [0, 0.1) is 0 Å². The van der Waals surface area contributed by atoms with E-state index in [9.17, 15) is 4.79 Å². The monoisotopic (exact) mass is 236 g/mol. The van der Waals surface area contributed by atoms with Crippen LogP contribution in [-0.2, 0) is 11.2 Å². The largest absolute Gasteiger partial charge is 0.496 e. The molecular weight excluding hydrogens is 216 g/mol. The first-order valence-corrected chi connectivity index (χ1v) is 5.67. The number of benzene rings is 1. The second-order valence-corrected chi connectivity index (χ2v) is 4.44. The first kappa shape index (κ1) is 13.5. The molecule has 1 atom stereocenters. The molecule has 0 heterocycles. The van der Waals surface area contributed by atoms with E-state index in [0.29, 0.717) is 12.3 Å². The number of rotatable bonds is 5. The second-order valence-electron chi connectivity index (χ2n) is 4.44. The maximum absolute atomic E-state index is 10.9. The molecule has 4 nitrogen and oxygen atoms in total. The van der Waals surface area contributed by atoms with Crippen molar-refractivity contribution in [2.75, 3.05) is 7.11 Å². The van der Waals surface area contributed by atoms with Gasteiger partial charge in [0.15, 0.2) is 0 Å². The number of methoxy groups -OCH3 is 1. The van der Waals surface area contributed by atoms with Crippen molar-refractivity contribution in [3.8, 4) is 5.75 Å². The topological polar surface area (TPSA) is 78.3 Å². The maximum Gasteiger partial charge on any atom is 0.234 e. The molecule has 4 heteroatoms. The highest BCUT2D eigenvalue weighted by Gasteiger charge is 2.13. The molecule has 1 aromatic carbocycles. The fourth-order valence-electron chi connectivity index (χ4n) is 1.72. The molecule has 0 saturated carbocycles. The first-order chi connectivity index (χ1) is 7.95. The van der Waals surface area contributed by atoms with Gasteiger partial charge in [-0.25, -0.2) is 0 Å². The number of carbonyl (C=O) groups excluding carboxylic acids is 1. The quantitative estimate of drug-likeness (QED) is 0.805. The number of ether oxygens (including phenoxy) is 1. The summed E-state index contributed by atoms with van der Waals surface area (Å²) in [6.07, 6.45) is 0.457. The van der Waals surface area contributed by atoms with Crippen LogP contribution >= 0.6 is 0 Å². The van der Waals surface area contributed by atoms with E-state index in [2.05, 4.69) is 13.8 Å². The van der Waals surface area contributed by atoms with Gasteiger partial charge in [0.2, 0.25) is 5.91 Å². The first-order valence-electron chi connectivity index (χ1n) is 5.67. The van der Waals surface area contributed by atoms with Crippen LogP contribution in [0.3, 0.4) is 0 Å². The van der Waals surface area contributed by atoms with Crippen molar-refractivity contribution in [1.29, 1.82) is 0 Å². The Morgan fingerprint density at radius 1 is 1.41 bits per heavy atom. The number of nitrogens with two attached hydrogens (primary N) is 2. The van der Waals surface area contributed by atoms with Gasteiger partial charge in [-0.1, -0.05) is 26.0 Å². The molecule has 0 spiro atoms. The Balaban J connectivity index is 2.96. The molecule has 4 N–H and O–H groups in total. The summed E-state index contributed by atoms with van der Waals surface area (Å²) < 4.78 is 5.29. The van der Waals surface area contributed by atoms with Gasteiger partial charge in [-0.05, 0) is 29.5 Å². The molecule has 0 bridgehead atoms. The van der Waals surface area contributed by atoms with Gasteiger partial charge in [-0.2, -0.15) is 0 Å². The van der Waals surface area contributed by atoms with E-state index in [1.54, 1.807) is 7.11 Å². The minimum Gasteiger partial charge on any atom is -0.496 e. The van der Waals surface area contributed by atoms with Crippen LogP contribution in [0.4, 0.5) is 0 Å². The highest BCUT2D eigenvalue weighted by molar-refractivity contribution is 5.79. The SMILES string of the molecule is COc1ccc(CC(N)C(N)=O)cc1C(C)C. The third-order valence-corrected chi connectivity index (χ3v) is 2.74. The number of hydrogen-bond donors (Lipinski definition) is 2. The average Bonchev–Trinajstić information content (AvgIpc) is 2.28. The number of amides is 1.